The molecule has 1 heterocycles. The van der Waals surface area contributed by atoms with E-state index in [1.54, 1.807) is 12.2 Å². The van der Waals surface area contributed by atoms with Gasteiger partial charge in [-0.1, -0.05) is 24.3 Å². The summed E-state index contributed by atoms with van der Waals surface area (Å²) in [5, 5.41) is 5.57. The van der Waals surface area contributed by atoms with Crippen molar-refractivity contribution in [1.82, 2.24) is 5.01 Å². The van der Waals surface area contributed by atoms with Crippen molar-refractivity contribution in [3.63, 3.8) is 0 Å². The van der Waals surface area contributed by atoms with Gasteiger partial charge in [0.25, 0.3) is 0 Å². The van der Waals surface area contributed by atoms with Gasteiger partial charge in [-0.25, -0.2) is 19.5 Å². The van der Waals surface area contributed by atoms with Crippen molar-refractivity contribution in [3.05, 3.63) is 60.0 Å². The Morgan fingerprint density at radius 2 is 1.94 bits per heavy atom. The van der Waals surface area contributed by atoms with Crippen molar-refractivity contribution in [1.29, 1.82) is 0 Å². The number of benzene rings is 1. The smallest absolute Gasteiger partial charge is 0.467 e. The fourth-order valence-electron chi connectivity index (χ4n) is 4.21. The molecule has 1 unspecified atom stereocenters. The summed E-state index contributed by atoms with van der Waals surface area (Å²) in [5.74, 6) is -1.15. The van der Waals surface area contributed by atoms with Crippen LogP contribution in [-0.2, 0) is 19.0 Å². The molecular weight excluding hydrogens is 507 g/mol. The molecular formula is C23H21ClF3N3O6. The number of alkyl halides is 4. The average Bonchev–Trinajstić information content (AvgIpc) is 3.17. The highest BCUT2D eigenvalue weighted by Gasteiger charge is 2.55. The first-order valence-corrected chi connectivity index (χ1v) is 11.0. The van der Waals surface area contributed by atoms with E-state index in [0.29, 0.717) is 12.0 Å². The third-order valence-corrected chi connectivity index (χ3v) is 6.10. The number of hydrogen-bond donors (Lipinski definition) is 0. The van der Waals surface area contributed by atoms with Gasteiger partial charge in [0.2, 0.25) is 5.60 Å². The summed E-state index contributed by atoms with van der Waals surface area (Å²) in [6, 6.07) is 4.52. The van der Waals surface area contributed by atoms with Gasteiger partial charge in [0.1, 0.15) is 24.0 Å². The zero-order valence-corrected chi connectivity index (χ0v) is 19.9. The van der Waals surface area contributed by atoms with Crippen LogP contribution in [0, 0.1) is 0 Å². The quantitative estimate of drug-likeness (QED) is 0.413. The van der Waals surface area contributed by atoms with Crippen molar-refractivity contribution in [2.75, 3.05) is 25.9 Å². The molecule has 1 amide bonds. The number of esters is 1. The molecule has 0 spiro atoms. The molecule has 4 rings (SSSR count). The minimum atomic E-state index is -4.87. The van der Waals surface area contributed by atoms with E-state index in [9.17, 15) is 22.8 Å². The van der Waals surface area contributed by atoms with Crippen molar-refractivity contribution >= 4 is 35.1 Å². The number of ether oxygens (including phenoxy) is 4. The number of methoxy groups -OCH3 is 2. The average molecular weight is 528 g/mol. The Balaban J connectivity index is 1.68. The lowest BCUT2D eigenvalue weighted by atomic mass is 9.96. The topological polar surface area (TPSA) is 89.9 Å². The van der Waals surface area contributed by atoms with Crippen molar-refractivity contribution in [3.8, 4) is 5.75 Å². The molecule has 13 heteroatoms. The first-order valence-electron chi connectivity index (χ1n) is 10.6. The summed E-state index contributed by atoms with van der Waals surface area (Å²) in [7, 11) is 2.38. The van der Waals surface area contributed by atoms with Gasteiger partial charge in [-0.3, -0.25) is 0 Å². The molecule has 0 fully saturated rings. The maximum atomic E-state index is 12.8. The molecule has 0 saturated heterocycles. The van der Waals surface area contributed by atoms with Crippen LogP contribution < -0.4 is 9.64 Å². The van der Waals surface area contributed by atoms with Gasteiger partial charge < -0.3 is 18.9 Å². The van der Waals surface area contributed by atoms with Crippen molar-refractivity contribution < 1.29 is 41.7 Å². The number of carbonyl (C=O) groups is 2. The van der Waals surface area contributed by atoms with E-state index < -0.39 is 29.8 Å². The number of carbonyl (C=O) groups excluding carboxylic acids is 2. The number of nitrogens with zero attached hydrogens (tertiary/aromatic N) is 3. The fraction of sp³-hybridized carbons (Fsp3) is 0.348. The number of anilines is 1. The third-order valence-electron chi connectivity index (χ3n) is 5.80. The summed E-state index contributed by atoms with van der Waals surface area (Å²) in [4.78, 5) is 26.4. The highest BCUT2D eigenvalue weighted by molar-refractivity contribution is 6.25. The zero-order chi connectivity index (χ0) is 26.3. The summed E-state index contributed by atoms with van der Waals surface area (Å²) < 4.78 is 57.2. The van der Waals surface area contributed by atoms with E-state index in [4.69, 9.17) is 25.8 Å². The van der Waals surface area contributed by atoms with Crippen LogP contribution in [0.4, 0.5) is 23.7 Å². The second kappa shape index (κ2) is 9.51. The van der Waals surface area contributed by atoms with Crippen molar-refractivity contribution in [2.24, 2.45) is 5.10 Å². The summed E-state index contributed by atoms with van der Waals surface area (Å²) in [5.41, 5.74) is 0.469. The summed E-state index contributed by atoms with van der Waals surface area (Å²) >= 11 is 6.25. The van der Waals surface area contributed by atoms with Crippen LogP contribution in [0.5, 0.6) is 5.75 Å². The highest BCUT2D eigenvalue weighted by Crippen LogP contribution is 2.44. The van der Waals surface area contributed by atoms with Gasteiger partial charge in [-0.2, -0.15) is 5.10 Å². The van der Waals surface area contributed by atoms with Gasteiger partial charge in [0.05, 0.1) is 25.3 Å². The van der Waals surface area contributed by atoms with Gasteiger partial charge in [-0.05, 0) is 30.7 Å². The van der Waals surface area contributed by atoms with E-state index in [-0.39, 0.29) is 35.7 Å². The van der Waals surface area contributed by atoms with Crippen LogP contribution in [-0.4, -0.2) is 61.1 Å². The lowest BCUT2D eigenvalue weighted by Crippen LogP contribution is -2.54. The lowest BCUT2D eigenvalue weighted by Gasteiger charge is -2.38. The Hall–Kier alpha value is -3.51. The van der Waals surface area contributed by atoms with Crippen LogP contribution in [0.25, 0.3) is 0 Å². The third kappa shape index (κ3) is 4.65. The van der Waals surface area contributed by atoms with Crippen LogP contribution in [0.1, 0.15) is 12.8 Å². The van der Waals surface area contributed by atoms with E-state index in [2.05, 4.69) is 16.4 Å². The van der Waals surface area contributed by atoms with Crippen LogP contribution in [0.3, 0.4) is 0 Å². The second-order valence-electron chi connectivity index (χ2n) is 7.98. The number of rotatable bonds is 5. The highest BCUT2D eigenvalue weighted by atomic mass is 35.5. The predicted molar refractivity (Wildman–Crippen MR) is 122 cm³/mol. The molecule has 3 aliphatic rings. The molecule has 1 aromatic carbocycles. The van der Waals surface area contributed by atoms with E-state index in [1.807, 2.05) is 0 Å². The Labute approximate surface area is 209 Å². The molecule has 1 aromatic rings. The fourth-order valence-corrected chi connectivity index (χ4v) is 4.47. The Kier molecular flexibility index (Phi) is 6.76. The summed E-state index contributed by atoms with van der Waals surface area (Å²) in [6.07, 6.45) is -1.52. The zero-order valence-electron chi connectivity index (χ0n) is 19.2. The molecule has 0 radical (unpaired) electrons. The first-order chi connectivity index (χ1) is 17.0. The van der Waals surface area contributed by atoms with Crippen LogP contribution >= 0.6 is 11.6 Å². The van der Waals surface area contributed by atoms with Gasteiger partial charge in [0.15, 0.2) is 0 Å². The first kappa shape index (κ1) is 25.6. The van der Waals surface area contributed by atoms with E-state index in [1.165, 1.54) is 24.3 Å². The minimum absolute atomic E-state index is 0.0404. The van der Waals surface area contributed by atoms with E-state index >= 15 is 0 Å². The Morgan fingerprint density at radius 3 is 2.56 bits per heavy atom. The number of fused-ring (bicyclic) bond motifs is 2. The molecule has 36 heavy (non-hydrogen) atoms. The number of allylic oxidation sites excluding steroid dienone is 2. The molecule has 0 bridgehead atoms. The predicted octanol–water partition coefficient (Wildman–Crippen LogP) is 4.45. The van der Waals surface area contributed by atoms with Gasteiger partial charge in [0, 0.05) is 12.0 Å². The second-order valence-corrected chi connectivity index (χ2v) is 8.54. The number of hydrogen-bond acceptors (Lipinski definition) is 8. The number of halogens is 4. The minimum Gasteiger partial charge on any atom is -0.467 e. The maximum absolute atomic E-state index is 12.8. The normalized spacial score (nSPS) is 22.9. The molecule has 0 aromatic heterocycles. The molecule has 0 saturated carbocycles. The standard InChI is InChI=1S/C23H21ClF3N3O6/c1-13(30(21(32)34-3)16-5-7-17(8-6-16)36-23(25,26)27)29-12-35-22(20(31)33-2)11-14-10-15(24)4-9-18(14)19(22)28-29/h4-9,15H,1,10-12H2,2-3H3/t15?,22-/m0/s1. The van der Waals surface area contributed by atoms with Gasteiger partial charge >= 0.3 is 18.4 Å². The lowest BCUT2D eigenvalue weighted by molar-refractivity contribution is -0.274. The van der Waals surface area contributed by atoms with Gasteiger partial charge in [-0.15, -0.1) is 24.8 Å². The molecule has 2 aliphatic carbocycles. The molecule has 1 aliphatic heterocycles. The largest absolute Gasteiger partial charge is 0.573 e. The molecule has 192 valence electrons. The van der Waals surface area contributed by atoms with Crippen molar-refractivity contribution in [2.45, 2.75) is 30.2 Å². The molecule has 9 nitrogen and oxygen atoms in total. The Bertz CT molecular complexity index is 1180. The number of hydrazone groups is 1. The molecule has 2 atom stereocenters. The van der Waals surface area contributed by atoms with Crippen LogP contribution in [0.15, 0.2) is 65.1 Å². The Morgan fingerprint density at radius 1 is 1.25 bits per heavy atom. The van der Waals surface area contributed by atoms with Crippen LogP contribution in [0.2, 0.25) is 0 Å². The monoisotopic (exact) mass is 527 g/mol. The molecule has 0 N–H and O–H groups in total. The summed E-state index contributed by atoms with van der Waals surface area (Å²) in [6.45, 7) is 3.62. The van der Waals surface area contributed by atoms with E-state index in [0.717, 1.165) is 29.7 Å². The number of amides is 1. The maximum Gasteiger partial charge on any atom is 0.573 e. The SMILES string of the molecule is C=C(N1CO[C@@]2(C(=O)OC)CC3=C(C=CC(Cl)C3)C2=N1)N(C(=O)OC)c1ccc(OC(F)(F)F)cc1.